The zero-order valence-corrected chi connectivity index (χ0v) is 86.4. The van der Waals surface area contributed by atoms with Gasteiger partial charge in [0, 0.05) is 112 Å². The smallest absolute Gasteiger partial charge is 0.478 e. The van der Waals surface area contributed by atoms with E-state index < -0.39 is 92.2 Å². The van der Waals surface area contributed by atoms with Gasteiger partial charge in [0.2, 0.25) is 0 Å². The Labute approximate surface area is 847 Å². The Morgan fingerprint density at radius 2 is 0.578 bits per heavy atom. The molecule has 0 radical (unpaired) electrons. The first-order valence-electron chi connectivity index (χ1n) is 39.5. The number of methoxy groups -OCH3 is 6. The van der Waals surface area contributed by atoms with Crippen molar-refractivity contribution < 1.29 is 105 Å². The minimum Gasteiger partial charge on any atom is -0.478 e. The average Bonchev–Trinajstić information content (AvgIpc) is 1.63. The molecule has 0 bridgehead atoms. The van der Waals surface area contributed by atoms with Crippen molar-refractivity contribution in [2.45, 2.75) is 113 Å². The second-order valence-electron chi connectivity index (χ2n) is 30.8. The van der Waals surface area contributed by atoms with Gasteiger partial charge in [0.05, 0.1) is 149 Å². The van der Waals surface area contributed by atoms with Gasteiger partial charge in [-0.2, -0.15) is 0 Å². The maximum atomic E-state index is 12.1. The van der Waals surface area contributed by atoms with Gasteiger partial charge >= 0.3 is 56.0 Å². The highest BCUT2D eigenvalue weighted by atomic mass is 127. The Morgan fingerprint density at radius 1 is 0.348 bits per heavy atom. The van der Waals surface area contributed by atoms with Crippen LogP contribution in [0.1, 0.15) is 158 Å². The minimum absolute atomic E-state index is 0. The van der Waals surface area contributed by atoms with Crippen molar-refractivity contribution in [2.75, 3.05) is 50.8 Å². The number of nitro groups is 4. The molecule has 11 aromatic rings. The Bertz CT molecular complexity index is 5950. The van der Waals surface area contributed by atoms with E-state index in [1.54, 1.807) is 67.1 Å². The number of rotatable bonds is 17. The van der Waals surface area contributed by atoms with Crippen LogP contribution in [-0.2, 0) is 47.0 Å². The lowest BCUT2D eigenvalue weighted by molar-refractivity contribution is -0.385. The van der Waals surface area contributed by atoms with E-state index in [9.17, 15) is 74.0 Å². The van der Waals surface area contributed by atoms with Crippen molar-refractivity contribution >= 4 is 208 Å². The van der Waals surface area contributed by atoms with Crippen molar-refractivity contribution in [3.63, 3.8) is 0 Å². The van der Waals surface area contributed by atoms with Crippen LogP contribution in [0.2, 0.25) is 0 Å². The van der Waals surface area contributed by atoms with Gasteiger partial charge in [-0.05, 0) is 281 Å². The van der Waals surface area contributed by atoms with Crippen molar-refractivity contribution in [1.29, 1.82) is 0 Å². The highest BCUT2D eigenvalue weighted by Gasteiger charge is 2.53. The van der Waals surface area contributed by atoms with Gasteiger partial charge in [0.1, 0.15) is 0 Å². The number of nitrogens with zero attached hydrogens (tertiary/aromatic N) is 8. The predicted molar refractivity (Wildman–Crippen MR) is 552 cm³/mol. The number of carboxylic acids is 1. The molecule has 7 aromatic carbocycles. The standard InChI is InChI=1S/C20H24BNO4.C14H18BNO6.C14H12INO2.C14H12N2O4.C14H14N2O2.C8H6INO4.C7H4INO4.CH2I2.CH4/c1-13-7-8-17(22-12-13)14-9-15(18(23)24-6)11-16(10-14)21-25-19(2,3)20(4,5)26-21;1-13(2)14(3,4)22-15(21-13)10-6-9(12(17)20-5)7-11(8-10)16(18)19;1-9-3-4-13(16-8-9)10-5-11(14(17)18-2)7-12(15)6-10;1-9-3-4-13(15-8-9)10-5-11(14(17)20-2)7-12(6-10)16(18)19;1-9-3-4-13(16-8-9)10-5-11(14(17)18-2)7-12(15)6-10;1-14-8(11)5-2-6(9)4-7(3-5)10(12)13;8-5-1-4(7(10)11)2-6(3-5)9(12)13;2-1-3;/h7-12H,1-6H3;6-8H,1-5H3;3-8H,1-2H3;3-8H,1-2H3;3-8H,15H2,1-2H3;2-4H,1H3;1-3H,(H,10,11);1H2;1H4. The van der Waals surface area contributed by atoms with Crippen molar-refractivity contribution in [3.8, 4) is 45.0 Å². The van der Waals surface area contributed by atoms with E-state index in [4.69, 9.17) is 38.9 Å². The van der Waals surface area contributed by atoms with Gasteiger partial charge in [0.25, 0.3) is 22.7 Å². The summed E-state index contributed by atoms with van der Waals surface area (Å²) in [5.74, 6) is -4.16. The maximum Gasteiger partial charge on any atom is 0.495 e. The Morgan fingerprint density at radius 3 is 0.874 bits per heavy atom. The number of pyridine rings is 4. The summed E-state index contributed by atoms with van der Waals surface area (Å²) in [7, 11) is 6.42. The van der Waals surface area contributed by atoms with Crippen LogP contribution in [0.25, 0.3) is 45.0 Å². The SMILES string of the molecule is C.COC(=O)c1cc(-c2ccc(C)cn2)cc([N+](=O)[O-])c1.COC(=O)c1cc(B2OC(C)(C)C(C)(C)O2)cc(-c2ccc(C)cn2)c1.COC(=O)c1cc(B2OC(C)(C)C(C)(C)O2)cc([N+](=O)[O-])c1.COC(=O)c1cc(I)cc(-c2ccc(C)cn2)c1.COC(=O)c1cc(I)cc([N+](=O)[O-])c1.COC(=O)c1cc(N)cc(-c2ccc(C)cn2)c1.ICI.O=C(O)c1cc(I)cc([N+](=O)[O-])c1. The molecule has 0 amide bonds. The number of nitrogens with two attached hydrogens (primary N) is 1. The van der Waals surface area contributed by atoms with E-state index in [0.29, 0.717) is 46.2 Å². The van der Waals surface area contributed by atoms with Gasteiger partial charge in [-0.15, -0.1) is 0 Å². The molecule has 710 valence electrons. The number of aryl methyl sites for hydroxylation is 4. The molecule has 2 aliphatic rings. The summed E-state index contributed by atoms with van der Waals surface area (Å²) in [4.78, 5) is 138. The highest BCUT2D eigenvalue weighted by molar-refractivity contribution is 14.2. The summed E-state index contributed by atoms with van der Waals surface area (Å²) in [5, 5.41) is 51.4. The molecule has 6 heterocycles. The first kappa shape index (κ1) is 114. The fourth-order valence-corrected chi connectivity index (χ4v) is 13.6. The van der Waals surface area contributed by atoms with E-state index >= 15 is 0 Å². The molecule has 135 heavy (non-hydrogen) atoms. The van der Waals surface area contributed by atoms with E-state index in [0.717, 1.165) is 71.1 Å². The molecule has 13 rings (SSSR count). The second kappa shape index (κ2) is 52.0. The number of carbonyl (C=O) groups is 7. The van der Waals surface area contributed by atoms with E-state index in [-0.39, 0.29) is 58.4 Å². The van der Waals surface area contributed by atoms with Crippen LogP contribution in [0.5, 0.6) is 0 Å². The van der Waals surface area contributed by atoms with Gasteiger partial charge in [0.15, 0.2) is 0 Å². The number of carboxylic acid groups (broad SMARTS) is 1. The summed E-state index contributed by atoms with van der Waals surface area (Å²) in [5.41, 5.74) is 16.7. The number of aromatic carboxylic acids is 1. The van der Waals surface area contributed by atoms with Crippen LogP contribution in [0.15, 0.2) is 201 Å². The third kappa shape index (κ3) is 33.5. The summed E-state index contributed by atoms with van der Waals surface area (Å²) in [6.45, 7) is 23.4. The second-order valence-corrected chi connectivity index (χ2v) is 39.0. The number of benzene rings is 7. The molecule has 0 spiro atoms. The fraction of sp³-hybridized carbons (Fsp3) is 0.258. The number of esters is 6. The van der Waals surface area contributed by atoms with Gasteiger partial charge in [-0.1, -0.05) is 82.9 Å². The van der Waals surface area contributed by atoms with E-state index in [1.165, 1.54) is 112 Å². The average molecular weight is 2410 g/mol. The van der Waals surface area contributed by atoms with Crippen LogP contribution in [-0.4, -0.2) is 168 Å². The molecular weight excluding hydrogens is 2320 g/mol. The normalized spacial score (nSPS) is 12.8. The minimum atomic E-state index is -1.17. The lowest BCUT2D eigenvalue weighted by atomic mass is 9.77. The number of ether oxygens (including phenoxy) is 6. The Hall–Kier alpha value is -11.6. The van der Waals surface area contributed by atoms with Crippen LogP contribution in [0, 0.1) is 78.9 Å². The third-order valence-corrected chi connectivity index (χ3v) is 21.8. The van der Waals surface area contributed by atoms with Gasteiger partial charge in [-0.3, -0.25) is 60.4 Å². The number of nitro benzene ring substituents is 4. The number of non-ortho nitro benzene ring substituents is 4. The van der Waals surface area contributed by atoms with Crippen LogP contribution in [0.4, 0.5) is 28.4 Å². The Balaban J connectivity index is 0.000000279. The molecule has 0 saturated carbocycles. The zero-order valence-electron chi connectivity index (χ0n) is 75.6. The third-order valence-electron chi connectivity index (χ3n) is 19.9. The molecule has 35 nitrogen and oxygen atoms in total. The number of hydrogen-bond acceptors (Lipinski definition) is 30. The quantitative estimate of drug-likeness (QED) is 0.0125. The van der Waals surface area contributed by atoms with Gasteiger partial charge in [-0.25, -0.2) is 33.6 Å². The summed E-state index contributed by atoms with van der Waals surface area (Å²) < 4.78 is 55.3. The number of hydrogen-bond donors (Lipinski definition) is 2. The van der Waals surface area contributed by atoms with Crippen LogP contribution < -0.4 is 16.7 Å². The molecular formula is C93H96B2I5N9O26. The zero-order chi connectivity index (χ0) is 100. The summed E-state index contributed by atoms with van der Waals surface area (Å²) in [6, 6.07) is 47.4. The topological polar surface area (TPSA) is 482 Å². The lowest BCUT2D eigenvalue weighted by Gasteiger charge is -2.32. The molecule has 42 heteroatoms. The predicted octanol–water partition coefficient (Wildman–Crippen LogP) is 19.8. The molecule has 3 N–H and O–H groups in total. The van der Waals surface area contributed by atoms with Crippen molar-refractivity contribution in [1.82, 2.24) is 19.9 Å². The number of halogens is 5. The van der Waals surface area contributed by atoms with E-state index in [2.05, 4.69) is 107 Å². The van der Waals surface area contributed by atoms with Crippen molar-refractivity contribution in [3.05, 3.63) is 313 Å². The molecule has 0 atom stereocenters. The van der Waals surface area contributed by atoms with Crippen LogP contribution >= 0.6 is 113 Å². The molecule has 4 aromatic heterocycles. The maximum absolute atomic E-state index is 12.1. The van der Waals surface area contributed by atoms with Crippen LogP contribution in [0.3, 0.4) is 0 Å². The largest absolute Gasteiger partial charge is 0.495 e. The van der Waals surface area contributed by atoms with Gasteiger partial charge < -0.3 is 57.9 Å². The molecule has 0 unspecified atom stereocenters. The first-order valence-corrected chi connectivity index (χ1v) is 45.8. The molecule has 0 aliphatic carbocycles. The number of anilines is 1. The number of alkyl halides is 2. The first-order chi connectivity index (χ1) is 62.9. The summed E-state index contributed by atoms with van der Waals surface area (Å²) in [6.07, 6.45) is 7.05. The summed E-state index contributed by atoms with van der Waals surface area (Å²) >= 11 is 10.5. The molecule has 2 fully saturated rings. The molecule has 2 saturated heterocycles. The number of carbonyl (C=O) groups excluding carboxylic acids is 6. The highest BCUT2D eigenvalue weighted by Crippen LogP contribution is 2.39. The molecule has 2 aliphatic heterocycles. The van der Waals surface area contributed by atoms with Crippen molar-refractivity contribution in [2.24, 2.45) is 0 Å². The number of aromatic nitrogens is 4. The fourth-order valence-electron chi connectivity index (χ4n) is 11.6. The number of nitrogen functional groups attached to an aromatic ring is 1. The Kier molecular flexibility index (Phi) is 43.9. The van der Waals surface area contributed by atoms with E-state index in [1.807, 2.05) is 189 Å². The monoisotopic (exact) mass is 2410 g/mol. The lowest BCUT2D eigenvalue weighted by Crippen LogP contribution is -2.41.